The molecule has 1 unspecified atom stereocenters. The minimum absolute atomic E-state index is 0.242. The van der Waals surface area contributed by atoms with Gasteiger partial charge in [0.1, 0.15) is 11.7 Å². The average Bonchev–Trinajstić information content (AvgIpc) is 1.87. The van der Waals surface area contributed by atoms with Crippen LogP contribution in [0.1, 0.15) is 20.8 Å². The Morgan fingerprint density at radius 3 is 2.45 bits per heavy atom. The third-order valence-corrected chi connectivity index (χ3v) is 1.21. The van der Waals surface area contributed by atoms with Gasteiger partial charge in [-0.2, -0.15) is 0 Å². The summed E-state index contributed by atoms with van der Waals surface area (Å²) in [6.07, 6.45) is -1.08. The number of hydrogen-bond acceptors (Lipinski definition) is 4. The van der Waals surface area contributed by atoms with Crippen molar-refractivity contribution in [2.45, 2.75) is 32.5 Å². The summed E-state index contributed by atoms with van der Waals surface area (Å²) < 4.78 is 4.83. The molecule has 4 heteroatoms. The molecule has 0 spiro atoms. The van der Waals surface area contributed by atoms with Crippen LogP contribution < -0.4 is 5.73 Å². The molecule has 0 aromatic rings. The van der Waals surface area contributed by atoms with Gasteiger partial charge in [-0.3, -0.25) is 0 Å². The number of ether oxygens (including phenoxy) is 1. The maximum atomic E-state index is 10.8. The van der Waals surface area contributed by atoms with Crippen LogP contribution in [-0.2, 0) is 9.53 Å². The lowest BCUT2D eigenvalue weighted by atomic mass is 10.1. The molecule has 11 heavy (non-hydrogen) atoms. The van der Waals surface area contributed by atoms with Gasteiger partial charge in [-0.05, 0) is 20.8 Å². The van der Waals surface area contributed by atoms with Crippen molar-refractivity contribution in [2.75, 3.05) is 6.54 Å². The van der Waals surface area contributed by atoms with Gasteiger partial charge in [0.05, 0.1) is 0 Å². The van der Waals surface area contributed by atoms with Crippen molar-refractivity contribution in [1.29, 1.82) is 0 Å². The third kappa shape index (κ3) is 3.95. The first-order chi connectivity index (χ1) is 4.89. The molecule has 0 aromatic heterocycles. The standard InChI is InChI=1S/C7H15NO3/c1-5(9)6(10)11-7(2,3)4-8/h5,9H,4,8H2,1-3H3. The highest BCUT2D eigenvalue weighted by Crippen LogP contribution is 2.07. The molecule has 0 rings (SSSR count). The molecule has 3 N–H and O–H groups in total. The summed E-state index contributed by atoms with van der Waals surface area (Å²) in [5.74, 6) is -0.638. The van der Waals surface area contributed by atoms with E-state index in [0.717, 1.165) is 0 Å². The van der Waals surface area contributed by atoms with Gasteiger partial charge >= 0.3 is 5.97 Å². The predicted molar refractivity (Wildman–Crippen MR) is 40.9 cm³/mol. The van der Waals surface area contributed by atoms with Crippen molar-refractivity contribution in [2.24, 2.45) is 5.73 Å². The summed E-state index contributed by atoms with van der Waals surface area (Å²) in [6, 6.07) is 0. The Balaban J connectivity index is 3.94. The molecule has 0 aliphatic rings. The van der Waals surface area contributed by atoms with Crippen LogP contribution in [0.5, 0.6) is 0 Å². The van der Waals surface area contributed by atoms with E-state index < -0.39 is 17.7 Å². The molecule has 4 nitrogen and oxygen atoms in total. The van der Waals surface area contributed by atoms with E-state index in [-0.39, 0.29) is 6.54 Å². The van der Waals surface area contributed by atoms with Crippen molar-refractivity contribution in [3.05, 3.63) is 0 Å². The van der Waals surface area contributed by atoms with Crippen LogP contribution in [0.25, 0.3) is 0 Å². The number of esters is 1. The summed E-state index contributed by atoms with van der Waals surface area (Å²) in [5, 5.41) is 8.76. The lowest BCUT2D eigenvalue weighted by Crippen LogP contribution is -2.39. The second-order valence-corrected chi connectivity index (χ2v) is 3.06. The lowest BCUT2D eigenvalue weighted by molar-refractivity contribution is -0.164. The summed E-state index contributed by atoms with van der Waals surface area (Å²) in [7, 11) is 0. The van der Waals surface area contributed by atoms with Gasteiger partial charge in [-0.15, -0.1) is 0 Å². The molecular weight excluding hydrogens is 146 g/mol. The van der Waals surface area contributed by atoms with E-state index in [9.17, 15) is 4.79 Å². The molecule has 66 valence electrons. The number of carbonyl (C=O) groups is 1. The smallest absolute Gasteiger partial charge is 0.335 e. The zero-order valence-electron chi connectivity index (χ0n) is 7.13. The van der Waals surface area contributed by atoms with Gasteiger partial charge in [0.25, 0.3) is 0 Å². The molecule has 0 amide bonds. The monoisotopic (exact) mass is 161 g/mol. The fourth-order valence-corrected chi connectivity index (χ4v) is 0.399. The molecule has 0 bridgehead atoms. The normalized spacial score (nSPS) is 14.3. The molecule has 1 atom stereocenters. The van der Waals surface area contributed by atoms with Crippen LogP contribution in [0.3, 0.4) is 0 Å². The maximum absolute atomic E-state index is 10.8. The molecular formula is C7H15NO3. The van der Waals surface area contributed by atoms with Crippen LogP contribution in [0.4, 0.5) is 0 Å². The van der Waals surface area contributed by atoms with E-state index in [1.54, 1.807) is 13.8 Å². The minimum atomic E-state index is -1.08. The van der Waals surface area contributed by atoms with E-state index in [2.05, 4.69) is 0 Å². The number of aliphatic hydroxyl groups is 1. The summed E-state index contributed by atoms with van der Waals surface area (Å²) in [4.78, 5) is 10.8. The van der Waals surface area contributed by atoms with Crippen LogP contribution in [0.15, 0.2) is 0 Å². The van der Waals surface area contributed by atoms with Crippen LogP contribution >= 0.6 is 0 Å². The zero-order valence-corrected chi connectivity index (χ0v) is 7.13. The zero-order chi connectivity index (χ0) is 9.07. The van der Waals surface area contributed by atoms with Gasteiger partial charge in [0.15, 0.2) is 0 Å². The first-order valence-electron chi connectivity index (χ1n) is 3.50. The van der Waals surface area contributed by atoms with Crippen LogP contribution in [0.2, 0.25) is 0 Å². The van der Waals surface area contributed by atoms with Gasteiger partial charge in [0, 0.05) is 6.54 Å². The molecule has 0 aliphatic carbocycles. The van der Waals surface area contributed by atoms with Gasteiger partial charge in [-0.1, -0.05) is 0 Å². The maximum Gasteiger partial charge on any atom is 0.335 e. The predicted octanol–water partition coefficient (Wildman–Crippen LogP) is -0.352. The number of hydrogen-bond donors (Lipinski definition) is 2. The number of rotatable bonds is 3. The van der Waals surface area contributed by atoms with Crippen molar-refractivity contribution >= 4 is 5.97 Å². The summed E-state index contributed by atoms with van der Waals surface area (Å²) >= 11 is 0. The topological polar surface area (TPSA) is 72.5 Å². The van der Waals surface area contributed by atoms with Crippen molar-refractivity contribution in [1.82, 2.24) is 0 Å². The highest BCUT2D eigenvalue weighted by atomic mass is 16.6. The van der Waals surface area contributed by atoms with Crippen molar-refractivity contribution < 1.29 is 14.6 Å². The fraction of sp³-hybridized carbons (Fsp3) is 0.857. The van der Waals surface area contributed by atoms with Crippen molar-refractivity contribution in [3.8, 4) is 0 Å². The first-order valence-corrected chi connectivity index (χ1v) is 3.50. The van der Waals surface area contributed by atoms with E-state index in [1.807, 2.05) is 0 Å². The average molecular weight is 161 g/mol. The first kappa shape index (κ1) is 10.4. The minimum Gasteiger partial charge on any atom is -0.456 e. The fourth-order valence-electron chi connectivity index (χ4n) is 0.399. The Kier molecular flexibility index (Phi) is 3.48. The SMILES string of the molecule is CC(O)C(=O)OC(C)(C)CN. The molecule has 0 heterocycles. The van der Waals surface area contributed by atoms with Gasteiger partial charge in [0.2, 0.25) is 0 Å². The van der Waals surface area contributed by atoms with Crippen molar-refractivity contribution in [3.63, 3.8) is 0 Å². The molecule has 0 saturated carbocycles. The van der Waals surface area contributed by atoms with E-state index in [0.29, 0.717) is 0 Å². The van der Waals surface area contributed by atoms with Gasteiger partial charge < -0.3 is 15.6 Å². The summed E-state index contributed by atoms with van der Waals surface area (Å²) in [6.45, 7) is 4.97. The van der Waals surface area contributed by atoms with Crippen LogP contribution in [0, 0.1) is 0 Å². The van der Waals surface area contributed by atoms with E-state index >= 15 is 0 Å². The molecule has 0 radical (unpaired) electrons. The van der Waals surface area contributed by atoms with E-state index in [1.165, 1.54) is 6.92 Å². The second kappa shape index (κ2) is 3.69. The lowest BCUT2D eigenvalue weighted by Gasteiger charge is -2.23. The second-order valence-electron chi connectivity index (χ2n) is 3.06. The summed E-state index contributed by atoms with van der Waals surface area (Å²) in [5.41, 5.74) is 4.61. The van der Waals surface area contributed by atoms with Gasteiger partial charge in [-0.25, -0.2) is 4.79 Å². The quantitative estimate of drug-likeness (QED) is 0.555. The molecule has 0 aromatic carbocycles. The van der Waals surface area contributed by atoms with E-state index in [4.69, 9.17) is 15.6 Å². The number of carbonyl (C=O) groups excluding carboxylic acids is 1. The molecule has 0 fully saturated rings. The third-order valence-electron chi connectivity index (χ3n) is 1.21. The Morgan fingerprint density at radius 2 is 2.18 bits per heavy atom. The Hall–Kier alpha value is -0.610. The molecule has 0 saturated heterocycles. The number of nitrogens with two attached hydrogens (primary N) is 1. The Morgan fingerprint density at radius 1 is 1.73 bits per heavy atom. The molecule has 0 aliphatic heterocycles. The Bertz CT molecular complexity index is 143. The largest absolute Gasteiger partial charge is 0.456 e. The van der Waals surface area contributed by atoms with Crippen LogP contribution in [-0.4, -0.2) is 29.3 Å². The number of aliphatic hydroxyl groups excluding tert-OH is 1. The Labute approximate surface area is 66.3 Å². The highest BCUT2D eigenvalue weighted by Gasteiger charge is 2.22. The highest BCUT2D eigenvalue weighted by molar-refractivity contribution is 5.74.